The normalized spacial score (nSPS) is 17.7. The predicted octanol–water partition coefficient (Wildman–Crippen LogP) is 2.64. The molecule has 1 N–H and O–H groups in total. The third kappa shape index (κ3) is 2.38. The molecular weight excluding hydrogens is 278 g/mol. The smallest absolute Gasteiger partial charge is 0.137 e. The van der Waals surface area contributed by atoms with Crippen LogP contribution in [0, 0.1) is 5.92 Å². The summed E-state index contributed by atoms with van der Waals surface area (Å²) in [5.74, 6) is 0.792. The highest BCUT2D eigenvalue weighted by Crippen LogP contribution is 2.20. The van der Waals surface area contributed by atoms with Crippen molar-refractivity contribution in [1.82, 2.24) is 14.7 Å². The number of pyridine rings is 1. The molecule has 1 fully saturated rings. The zero-order valence-corrected chi connectivity index (χ0v) is 11.3. The van der Waals surface area contributed by atoms with Gasteiger partial charge in [-0.15, -0.1) is 0 Å². The Labute approximate surface area is 109 Å². The van der Waals surface area contributed by atoms with Crippen molar-refractivity contribution in [1.29, 1.82) is 0 Å². The van der Waals surface area contributed by atoms with Gasteiger partial charge in [0.05, 0.1) is 10.3 Å². The lowest BCUT2D eigenvalue weighted by molar-refractivity contribution is 0.370. The number of nitrogens with zero attached hydrogens (tertiary/aromatic N) is 2. The van der Waals surface area contributed by atoms with Gasteiger partial charge in [-0.3, -0.25) is 4.40 Å². The molecule has 1 aliphatic rings. The Kier molecular flexibility index (Phi) is 3.16. The van der Waals surface area contributed by atoms with E-state index in [0.717, 1.165) is 35.7 Å². The zero-order valence-electron chi connectivity index (χ0n) is 9.69. The van der Waals surface area contributed by atoms with E-state index in [-0.39, 0.29) is 0 Å². The van der Waals surface area contributed by atoms with Crippen LogP contribution < -0.4 is 5.32 Å². The number of halogens is 1. The number of hydrogen-bond donors (Lipinski definition) is 1. The third-order valence-corrected chi connectivity index (χ3v) is 4.10. The maximum Gasteiger partial charge on any atom is 0.137 e. The molecule has 3 nitrogen and oxygen atoms in total. The van der Waals surface area contributed by atoms with Crippen LogP contribution in [0.2, 0.25) is 0 Å². The lowest BCUT2D eigenvalue weighted by Gasteiger charge is -2.21. The van der Waals surface area contributed by atoms with Gasteiger partial charge in [0.25, 0.3) is 0 Å². The van der Waals surface area contributed by atoms with Gasteiger partial charge in [0.15, 0.2) is 0 Å². The summed E-state index contributed by atoms with van der Waals surface area (Å²) < 4.78 is 3.18. The van der Waals surface area contributed by atoms with Gasteiger partial charge < -0.3 is 5.32 Å². The highest BCUT2D eigenvalue weighted by molar-refractivity contribution is 9.10. The Bertz CT molecular complexity index is 514. The molecule has 0 radical (unpaired) electrons. The lowest BCUT2D eigenvalue weighted by atomic mass is 9.93. The van der Waals surface area contributed by atoms with Crippen molar-refractivity contribution in [2.24, 2.45) is 5.92 Å². The number of aromatic nitrogens is 2. The molecular formula is C13H16BrN3. The van der Waals surface area contributed by atoms with Crippen LogP contribution in [-0.2, 0) is 6.42 Å². The van der Waals surface area contributed by atoms with E-state index >= 15 is 0 Å². The number of fused-ring (bicyclic) bond motifs is 1. The van der Waals surface area contributed by atoms with E-state index in [0.29, 0.717) is 0 Å². The highest BCUT2D eigenvalue weighted by Gasteiger charge is 2.15. The van der Waals surface area contributed by atoms with E-state index in [1.165, 1.54) is 18.5 Å². The van der Waals surface area contributed by atoms with Crippen molar-refractivity contribution >= 4 is 21.6 Å². The van der Waals surface area contributed by atoms with Crippen LogP contribution in [-0.4, -0.2) is 22.5 Å². The van der Waals surface area contributed by atoms with Gasteiger partial charge in [-0.25, -0.2) is 4.98 Å². The van der Waals surface area contributed by atoms with E-state index in [2.05, 4.69) is 42.9 Å². The number of nitrogens with one attached hydrogen (secondary N) is 1. The van der Waals surface area contributed by atoms with Gasteiger partial charge in [0.1, 0.15) is 5.65 Å². The minimum Gasteiger partial charge on any atom is -0.317 e. The SMILES string of the molecule is Brc1cccc2nc(CC3CCNCC3)cn12. The Balaban J connectivity index is 1.83. The molecule has 90 valence electrons. The number of hydrogen-bond acceptors (Lipinski definition) is 2. The monoisotopic (exact) mass is 293 g/mol. The van der Waals surface area contributed by atoms with Gasteiger partial charge in [0, 0.05) is 6.20 Å². The van der Waals surface area contributed by atoms with E-state index < -0.39 is 0 Å². The van der Waals surface area contributed by atoms with Crippen molar-refractivity contribution in [3.8, 4) is 0 Å². The molecule has 2 aromatic heterocycles. The molecule has 17 heavy (non-hydrogen) atoms. The first kappa shape index (κ1) is 11.2. The van der Waals surface area contributed by atoms with Crippen LogP contribution in [0.3, 0.4) is 0 Å². The predicted molar refractivity (Wildman–Crippen MR) is 72.2 cm³/mol. The van der Waals surface area contributed by atoms with Gasteiger partial charge in [-0.1, -0.05) is 6.07 Å². The average molecular weight is 294 g/mol. The van der Waals surface area contributed by atoms with Crippen molar-refractivity contribution in [3.05, 3.63) is 34.7 Å². The summed E-state index contributed by atoms with van der Waals surface area (Å²) >= 11 is 3.55. The minimum absolute atomic E-state index is 0.792. The second kappa shape index (κ2) is 4.78. The van der Waals surface area contributed by atoms with Gasteiger partial charge in [-0.05, 0) is 66.3 Å². The zero-order chi connectivity index (χ0) is 11.7. The van der Waals surface area contributed by atoms with Crippen molar-refractivity contribution in [2.45, 2.75) is 19.3 Å². The van der Waals surface area contributed by atoms with Crippen molar-refractivity contribution in [3.63, 3.8) is 0 Å². The standard InChI is InChI=1S/C13H16BrN3/c14-12-2-1-3-13-16-11(9-17(12)13)8-10-4-6-15-7-5-10/h1-3,9-10,15H,4-8H2. The molecule has 0 bridgehead atoms. The Morgan fingerprint density at radius 3 is 2.94 bits per heavy atom. The largest absolute Gasteiger partial charge is 0.317 e. The molecule has 0 amide bonds. The Morgan fingerprint density at radius 1 is 1.35 bits per heavy atom. The second-order valence-corrected chi connectivity index (χ2v) is 5.52. The molecule has 0 atom stereocenters. The molecule has 1 saturated heterocycles. The van der Waals surface area contributed by atoms with Crippen LogP contribution in [0.5, 0.6) is 0 Å². The quantitative estimate of drug-likeness (QED) is 0.863. The lowest BCUT2D eigenvalue weighted by Crippen LogP contribution is -2.28. The van der Waals surface area contributed by atoms with E-state index in [9.17, 15) is 0 Å². The molecule has 2 aromatic rings. The summed E-state index contributed by atoms with van der Waals surface area (Å²) in [5.41, 5.74) is 2.24. The van der Waals surface area contributed by atoms with Crippen LogP contribution in [0.1, 0.15) is 18.5 Å². The maximum atomic E-state index is 4.68. The first-order valence-corrected chi connectivity index (χ1v) is 6.95. The third-order valence-electron chi connectivity index (χ3n) is 3.45. The summed E-state index contributed by atoms with van der Waals surface area (Å²) in [5, 5.41) is 3.40. The first-order valence-electron chi connectivity index (χ1n) is 6.16. The molecule has 0 saturated carbocycles. The molecule has 0 spiro atoms. The van der Waals surface area contributed by atoms with Crippen LogP contribution in [0.25, 0.3) is 5.65 Å². The fourth-order valence-electron chi connectivity index (χ4n) is 2.51. The molecule has 3 rings (SSSR count). The van der Waals surface area contributed by atoms with Crippen LogP contribution in [0.15, 0.2) is 29.0 Å². The summed E-state index contributed by atoms with van der Waals surface area (Å²) in [7, 11) is 0. The average Bonchev–Trinajstić information content (AvgIpc) is 2.74. The summed E-state index contributed by atoms with van der Waals surface area (Å²) in [6.07, 6.45) is 5.81. The highest BCUT2D eigenvalue weighted by atomic mass is 79.9. The van der Waals surface area contributed by atoms with E-state index in [1.807, 2.05) is 12.1 Å². The van der Waals surface area contributed by atoms with Gasteiger partial charge in [-0.2, -0.15) is 0 Å². The summed E-state index contributed by atoms with van der Waals surface area (Å²) in [4.78, 5) is 4.68. The van der Waals surface area contributed by atoms with Crippen LogP contribution >= 0.6 is 15.9 Å². The maximum absolute atomic E-state index is 4.68. The Hall–Kier alpha value is -0.870. The fraction of sp³-hybridized carbons (Fsp3) is 0.462. The number of piperidine rings is 1. The molecule has 3 heterocycles. The molecule has 0 aliphatic carbocycles. The van der Waals surface area contributed by atoms with Gasteiger partial charge >= 0.3 is 0 Å². The van der Waals surface area contributed by atoms with Gasteiger partial charge in [0.2, 0.25) is 0 Å². The molecule has 0 aromatic carbocycles. The van der Waals surface area contributed by atoms with Crippen molar-refractivity contribution < 1.29 is 0 Å². The van der Waals surface area contributed by atoms with Crippen LogP contribution in [0.4, 0.5) is 0 Å². The minimum atomic E-state index is 0.792. The summed E-state index contributed by atoms with van der Waals surface area (Å²) in [6, 6.07) is 6.13. The van der Waals surface area contributed by atoms with Crippen molar-refractivity contribution in [2.75, 3.05) is 13.1 Å². The molecule has 1 aliphatic heterocycles. The second-order valence-electron chi connectivity index (χ2n) is 4.71. The van der Waals surface area contributed by atoms with E-state index in [1.54, 1.807) is 0 Å². The number of rotatable bonds is 2. The molecule has 0 unspecified atom stereocenters. The topological polar surface area (TPSA) is 29.3 Å². The fourth-order valence-corrected chi connectivity index (χ4v) is 2.94. The summed E-state index contributed by atoms with van der Waals surface area (Å²) in [6.45, 7) is 2.31. The number of imidazole rings is 1. The van der Waals surface area contributed by atoms with E-state index in [4.69, 9.17) is 0 Å². The Morgan fingerprint density at radius 2 is 2.18 bits per heavy atom. The first-order chi connectivity index (χ1) is 8.33. The molecule has 4 heteroatoms.